The van der Waals surface area contributed by atoms with E-state index in [9.17, 15) is 4.79 Å². The van der Waals surface area contributed by atoms with Crippen LogP contribution in [0.15, 0.2) is 42.7 Å². The Morgan fingerprint density at radius 2 is 2.18 bits per heavy atom. The third-order valence-electron chi connectivity index (χ3n) is 3.35. The number of amides is 1. The van der Waals surface area contributed by atoms with E-state index in [1.165, 1.54) is 0 Å². The molecule has 0 spiro atoms. The van der Waals surface area contributed by atoms with E-state index in [0.717, 1.165) is 23.2 Å². The first kappa shape index (κ1) is 14.1. The summed E-state index contributed by atoms with van der Waals surface area (Å²) < 4.78 is 6.88. The number of fused-ring (bicyclic) bond motifs is 1. The van der Waals surface area contributed by atoms with E-state index < -0.39 is 0 Å². The van der Waals surface area contributed by atoms with Crippen molar-refractivity contribution >= 4 is 22.5 Å². The second kappa shape index (κ2) is 5.85. The quantitative estimate of drug-likeness (QED) is 0.803. The van der Waals surface area contributed by atoms with Crippen LogP contribution in [0.5, 0.6) is 5.75 Å². The van der Waals surface area contributed by atoms with Crippen LogP contribution in [-0.2, 0) is 6.54 Å². The summed E-state index contributed by atoms with van der Waals surface area (Å²) in [5.74, 6) is 0.503. The van der Waals surface area contributed by atoms with Gasteiger partial charge in [-0.25, -0.2) is 0 Å². The van der Waals surface area contributed by atoms with Crippen LogP contribution in [0.1, 0.15) is 17.4 Å². The van der Waals surface area contributed by atoms with E-state index in [-0.39, 0.29) is 5.91 Å². The smallest absolute Gasteiger partial charge is 0.276 e. The summed E-state index contributed by atoms with van der Waals surface area (Å²) in [6, 6.07) is 9.18. The number of aryl methyl sites for hydroxylation is 1. The van der Waals surface area contributed by atoms with Gasteiger partial charge in [0.05, 0.1) is 24.5 Å². The molecule has 0 bridgehead atoms. The minimum atomic E-state index is -0.248. The summed E-state index contributed by atoms with van der Waals surface area (Å²) in [7, 11) is 1.62. The largest absolute Gasteiger partial charge is 0.497 e. The standard InChI is InChI=1S/C16H16N4O2/c1-3-20-7-6-14(19-20)16(21)18-12-8-11-4-5-13(22-2)9-15(11)17-10-12/h4-10H,3H2,1-2H3,(H,18,21). The highest BCUT2D eigenvalue weighted by molar-refractivity contribution is 6.03. The fraction of sp³-hybridized carbons (Fsp3) is 0.188. The minimum Gasteiger partial charge on any atom is -0.497 e. The Balaban J connectivity index is 1.82. The lowest BCUT2D eigenvalue weighted by Crippen LogP contribution is -2.13. The molecular formula is C16H16N4O2. The molecule has 1 aromatic carbocycles. The van der Waals surface area contributed by atoms with Crippen molar-refractivity contribution in [3.63, 3.8) is 0 Å². The van der Waals surface area contributed by atoms with Crippen molar-refractivity contribution in [2.45, 2.75) is 13.5 Å². The number of methoxy groups -OCH3 is 1. The molecule has 3 aromatic rings. The predicted octanol–water partition coefficient (Wildman–Crippen LogP) is 2.71. The molecule has 22 heavy (non-hydrogen) atoms. The number of hydrogen-bond donors (Lipinski definition) is 1. The third kappa shape index (κ3) is 2.76. The van der Waals surface area contributed by atoms with Gasteiger partial charge in [-0.3, -0.25) is 14.5 Å². The second-order valence-corrected chi connectivity index (χ2v) is 4.79. The van der Waals surface area contributed by atoms with Gasteiger partial charge in [-0.2, -0.15) is 5.10 Å². The number of hydrogen-bond acceptors (Lipinski definition) is 4. The summed E-state index contributed by atoms with van der Waals surface area (Å²) in [6.45, 7) is 2.70. The van der Waals surface area contributed by atoms with E-state index in [0.29, 0.717) is 11.4 Å². The summed E-state index contributed by atoms with van der Waals surface area (Å²) in [6.07, 6.45) is 3.40. The lowest BCUT2D eigenvalue weighted by molar-refractivity contribution is 0.102. The van der Waals surface area contributed by atoms with Crippen molar-refractivity contribution < 1.29 is 9.53 Å². The van der Waals surface area contributed by atoms with Gasteiger partial charge in [0.15, 0.2) is 5.69 Å². The number of carbonyl (C=O) groups is 1. The Morgan fingerprint density at radius 3 is 2.91 bits per heavy atom. The van der Waals surface area contributed by atoms with Gasteiger partial charge in [0, 0.05) is 24.2 Å². The van der Waals surface area contributed by atoms with Crippen LogP contribution in [-0.4, -0.2) is 27.8 Å². The number of nitrogens with zero attached hydrogens (tertiary/aromatic N) is 3. The van der Waals surface area contributed by atoms with Crippen LogP contribution in [0.2, 0.25) is 0 Å². The number of pyridine rings is 1. The van der Waals surface area contributed by atoms with Crippen molar-refractivity contribution in [1.82, 2.24) is 14.8 Å². The Labute approximate surface area is 127 Å². The van der Waals surface area contributed by atoms with Gasteiger partial charge in [-0.05, 0) is 31.2 Å². The average Bonchev–Trinajstić information content (AvgIpc) is 3.03. The summed E-state index contributed by atoms with van der Waals surface area (Å²) >= 11 is 0. The van der Waals surface area contributed by atoms with E-state index >= 15 is 0 Å². The molecule has 1 amide bonds. The van der Waals surface area contributed by atoms with Crippen molar-refractivity contribution in [3.05, 3.63) is 48.4 Å². The van der Waals surface area contributed by atoms with Crippen LogP contribution >= 0.6 is 0 Å². The van der Waals surface area contributed by atoms with Gasteiger partial charge < -0.3 is 10.1 Å². The van der Waals surface area contributed by atoms with Crippen LogP contribution in [0.3, 0.4) is 0 Å². The molecule has 0 radical (unpaired) electrons. The Hall–Kier alpha value is -2.89. The lowest BCUT2D eigenvalue weighted by Gasteiger charge is -2.06. The predicted molar refractivity (Wildman–Crippen MR) is 84.1 cm³/mol. The Bertz CT molecular complexity index is 826. The molecule has 0 saturated carbocycles. The first-order chi connectivity index (χ1) is 10.7. The molecule has 0 atom stereocenters. The number of aromatic nitrogens is 3. The molecule has 0 aliphatic carbocycles. The molecule has 112 valence electrons. The van der Waals surface area contributed by atoms with Gasteiger partial charge in [0.2, 0.25) is 0 Å². The SMILES string of the molecule is CCn1ccc(C(=O)Nc2cnc3cc(OC)ccc3c2)n1. The van der Waals surface area contributed by atoms with Crippen LogP contribution in [0.4, 0.5) is 5.69 Å². The number of ether oxygens (including phenoxy) is 1. The van der Waals surface area contributed by atoms with Crippen molar-refractivity contribution in [2.75, 3.05) is 12.4 Å². The molecule has 0 aliphatic rings. The van der Waals surface area contributed by atoms with Gasteiger partial charge in [-0.1, -0.05) is 0 Å². The van der Waals surface area contributed by atoms with Crippen LogP contribution in [0.25, 0.3) is 10.9 Å². The van der Waals surface area contributed by atoms with Crippen LogP contribution in [0, 0.1) is 0 Å². The number of benzene rings is 1. The summed E-state index contributed by atoms with van der Waals surface area (Å²) in [4.78, 5) is 16.5. The summed E-state index contributed by atoms with van der Waals surface area (Å²) in [5.41, 5.74) is 1.83. The molecule has 0 aliphatic heterocycles. The molecule has 6 heteroatoms. The van der Waals surface area contributed by atoms with E-state index in [1.54, 1.807) is 30.3 Å². The zero-order valence-electron chi connectivity index (χ0n) is 12.4. The third-order valence-corrected chi connectivity index (χ3v) is 3.35. The summed E-state index contributed by atoms with van der Waals surface area (Å²) in [5, 5.41) is 7.91. The van der Waals surface area contributed by atoms with Gasteiger partial charge >= 0.3 is 0 Å². The van der Waals surface area contributed by atoms with E-state index in [2.05, 4.69) is 15.4 Å². The highest BCUT2D eigenvalue weighted by Crippen LogP contribution is 2.21. The number of anilines is 1. The highest BCUT2D eigenvalue weighted by atomic mass is 16.5. The first-order valence-electron chi connectivity index (χ1n) is 6.98. The molecule has 6 nitrogen and oxygen atoms in total. The second-order valence-electron chi connectivity index (χ2n) is 4.79. The minimum absolute atomic E-state index is 0.248. The van der Waals surface area contributed by atoms with Gasteiger partial charge in [0.1, 0.15) is 5.75 Å². The molecule has 0 unspecified atom stereocenters. The van der Waals surface area contributed by atoms with Crippen molar-refractivity contribution in [1.29, 1.82) is 0 Å². The molecule has 3 rings (SSSR count). The fourth-order valence-corrected chi connectivity index (χ4v) is 2.15. The molecule has 2 aromatic heterocycles. The maximum Gasteiger partial charge on any atom is 0.276 e. The van der Waals surface area contributed by atoms with Crippen molar-refractivity contribution in [3.8, 4) is 5.75 Å². The molecule has 0 fully saturated rings. The van der Waals surface area contributed by atoms with Crippen molar-refractivity contribution in [2.24, 2.45) is 0 Å². The van der Waals surface area contributed by atoms with Gasteiger partial charge in [-0.15, -0.1) is 0 Å². The number of nitrogens with one attached hydrogen (secondary N) is 1. The van der Waals surface area contributed by atoms with E-state index in [4.69, 9.17) is 4.74 Å². The molecule has 1 N–H and O–H groups in total. The average molecular weight is 296 g/mol. The highest BCUT2D eigenvalue weighted by Gasteiger charge is 2.10. The first-order valence-corrected chi connectivity index (χ1v) is 6.98. The number of carbonyl (C=O) groups excluding carboxylic acids is 1. The van der Waals surface area contributed by atoms with Gasteiger partial charge in [0.25, 0.3) is 5.91 Å². The lowest BCUT2D eigenvalue weighted by atomic mass is 10.2. The zero-order valence-corrected chi connectivity index (χ0v) is 12.4. The Kier molecular flexibility index (Phi) is 3.74. The monoisotopic (exact) mass is 296 g/mol. The fourth-order valence-electron chi connectivity index (χ4n) is 2.15. The normalized spacial score (nSPS) is 10.6. The Morgan fingerprint density at radius 1 is 1.32 bits per heavy atom. The zero-order chi connectivity index (χ0) is 15.5. The maximum absolute atomic E-state index is 12.1. The topological polar surface area (TPSA) is 69.0 Å². The molecule has 2 heterocycles. The number of rotatable bonds is 4. The van der Waals surface area contributed by atoms with Crippen LogP contribution < -0.4 is 10.1 Å². The maximum atomic E-state index is 12.1. The molecule has 0 saturated heterocycles. The molecular weight excluding hydrogens is 280 g/mol. The van der Waals surface area contributed by atoms with E-state index in [1.807, 2.05) is 31.2 Å².